The smallest absolute Gasteiger partial charge is 0.302 e. The Kier molecular flexibility index (Phi) is 5.34. The molecule has 0 spiro atoms. The van der Waals surface area contributed by atoms with Crippen molar-refractivity contribution < 1.29 is 23.9 Å². The van der Waals surface area contributed by atoms with Gasteiger partial charge in [0.2, 0.25) is 0 Å². The first-order valence-electron chi connectivity index (χ1n) is 10.6. The summed E-state index contributed by atoms with van der Waals surface area (Å²) in [6.45, 7) is 15.3. The van der Waals surface area contributed by atoms with E-state index in [1.807, 2.05) is 19.1 Å². The Morgan fingerprint density at radius 2 is 1.76 bits per heavy atom. The highest BCUT2D eigenvalue weighted by molar-refractivity contribution is 5.98. The summed E-state index contributed by atoms with van der Waals surface area (Å²) < 4.78 is 11.7. The van der Waals surface area contributed by atoms with Crippen LogP contribution in [0.1, 0.15) is 67.2 Å². The number of Topliss-reactive ketones (excluding diaryl/α,β-unsaturated/α-hetero) is 1. The Balaban J connectivity index is 2.20. The molecular weight excluding hydrogens is 368 g/mol. The molecule has 0 aromatic rings. The fourth-order valence-electron chi connectivity index (χ4n) is 6.37. The predicted molar refractivity (Wildman–Crippen MR) is 110 cm³/mol. The van der Waals surface area contributed by atoms with E-state index < -0.39 is 16.9 Å². The predicted octanol–water partition coefficient (Wildman–Crippen LogP) is 4.40. The monoisotopic (exact) mass is 402 g/mol. The highest BCUT2D eigenvalue weighted by Gasteiger charge is 2.64. The van der Waals surface area contributed by atoms with Gasteiger partial charge in [-0.25, -0.2) is 0 Å². The van der Waals surface area contributed by atoms with Gasteiger partial charge in [-0.1, -0.05) is 39.8 Å². The minimum Gasteiger partial charge on any atom is -0.462 e. The van der Waals surface area contributed by atoms with Crippen molar-refractivity contribution in [2.75, 3.05) is 0 Å². The number of ether oxygens (including phenoxy) is 2. The van der Waals surface area contributed by atoms with Crippen LogP contribution < -0.4 is 0 Å². The molecule has 0 aliphatic heterocycles. The summed E-state index contributed by atoms with van der Waals surface area (Å²) in [6, 6.07) is 0. The topological polar surface area (TPSA) is 69.7 Å². The van der Waals surface area contributed by atoms with Crippen LogP contribution in [0.25, 0.3) is 0 Å². The zero-order valence-electron chi connectivity index (χ0n) is 18.5. The van der Waals surface area contributed by atoms with Crippen LogP contribution in [0.2, 0.25) is 0 Å². The molecule has 0 heterocycles. The van der Waals surface area contributed by atoms with Crippen molar-refractivity contribution in [3.63, 3.8) is 0 Å². The van der Waals surface area contributed by atoms with Crippen LogP contribution >= 0.6 is 0 Å². The molecule has 2 saturated carbocycles. The fraction of sp³-hybridized carbons (Fsp3) is 0.708. The van der Waals surface area contributed by atoms with Crippen molar-refractivity contribution in [2.45, 2.75) is 79.4 Å². The molecule has 29 heavy (non-hydrogen) atoms. The SMILES string of the molecule is C=CC1(C)C=C2C(=O)CC3C(C)(C)CCC(OC(C)=O)C3(C)C2C(OC(C)=O)C1. The summed E-state index contributed by atoms with van der Waals surface area (Å²) in [5.74, 6) is -0.824. The van der Waals surface area contributed by atoms with E-state index in [1.165, 1.54) is 13.8 Å². The molecule has 3 aliphatic rings. The molecule has 0 radical (unpaired) electrons. The second-order valence-electron chi connectivity index (χ2n) is 10.3. The summed E-state index contributed by atoms with van der Waals surface area (Å²) >= 11 is 0. The third kappa shape index (κ3) is 3.57. The summed E-state index contributed by atoms with van der Waals surface area (Å²) in [5, 5.41) is 0. The molecule has 5 nitrogen and oxygen atoms in total. The molecule has 0 bridgehead atoms. The van der Waals surface area contributed by atoms with Crippen LogP contribution in [-0.4, -0.2) is 29.9 Å². The Morgan fingerprint density at radius 3 is 2.31 bits per heavy atom. The first-order valence-corrected chi connectivity index (χ1v) is 10.6. The summed E-state index contributed by atoms with van der Waals surface area (Å²) in [4.78, 5) is 37.2. The van der Waals surface area contributed by atoms with Crippen molar-refractivity contribution in [3.05, 3.63) is 24.3 Å². The molecule has 3 rings (SSSR count). The standard InChI is InChI=1S/C24H34O5/c1-8-23(6)12-16-17(27)11-19-22(4,5)10-9-20(29-15(3)26)24(19,7)21(16)18(13-23)28-14(2)25/h8,12,18-21H,1,9-11,13H2,2-7H3. The molecule has 5 heteroatoms. The Labute approximate surface area is 173 Å². The quantitative estimate of drug-likeness (QED) is 0.517. The molecule has 0 saturated heterocycles. The first kappa shape index (κ1) is 21.8. The maximum Gasteiger partial charge on any atom is 0.302 e. The number of allylic oxidation sites excluding steroid dienone is 2. The summed E-state index contributed by atoms with van der Waals surface area (Å²) in [6.07, 6.45) is 5.67. The second kappa shape index (κ2) is 7.10. The maximum atomic E-state index is 13.3. The second-order valence-corrected chi connectivity index (χ2v) is 10.3. The Morgan fingerprint density at radius 1 is 1.14 bits per heavy atom. The lowest BCUT2D eigenvalue weighted by Gasteiger charge is -2.62. The lowest BCUT2D eigenvalue weighted by Crippen LogP contribution is -2.63. The van der Waals surface area contributed by atoms with Gasteiger partial charge in [0.25, 0.3) is 0 Å². The highest BCUT2D eigenvalue weighted by atomic mass is 16.5. The van der Waals surface area contributed by atoms with E-state index >= 15 is 0 Å². The minimum atomic E-state index is -0.490. The van der Waals surface area contributed by atoms with E-state index in [1.54, 1.807) is 0 Å². The molecule has 0 amide bonds. The molecule has 6 atom stereocenters. The van der Waals surface area contributed by atoms with E-state index in [4.69, 9.17) is 9.47 Å². The third-order valence-electron chi connectivity index (χ3n) is 7.75. The molecule has 3 aliphatic carbocycles. The largest absolute Gasteiger partial charge is 0.462 e. The van der Waals surface area contributed by atoms with Crippen molar-refractivity contribution in [2.24, 2.45) is 28.1 Å². The van der Waals surface area contributed by atoms with Crippen molar-refractivity contribution in [3.8, 4) is 0 Å². The zero-order chi connectivity index (χ0) is 21.8. The molecule has 0 N–H and O–H groups in total. The van der Waals surface area contributed by atoms with Crippen LogP contribution in [0.4, 0.5) is 0 Å². The number of fused-ring (bicyclic) bond motifs is 3. The molecule has 2 fully saturated rings. The molecule has 160 valence electrons. The van der Waals surface area contributed by atoms with E-state index in [2.05, 4.69) is 27.4 Å². The molecule has 0 aromatic heterocycles. The van der Waals surface area contributed by atoms with E-state index in [9.17, 15) is 14.4 Å². The number of carbonyl (C=O) groups is 3. The Bertz CT molecular complexity index is 778. The number of ketones is 1. The van der Waals surface area contributed by atoms with Gasteiger partial charge >= 0.3 is 11.9 Å². The Hall–Kier alpha value is -1.91. The normalized spacial score (nSPS) is 40.8. The van der Waals surface area contributed by atoms with E-state index in [0.29, 0.717) is 18.4 Å². The van der Waals surface area contributed by atoms with Crippen LogP contribution in [0.15, 0.2) is 24.3 Å². The number of hydrogen-bond acceptors (Lipinski definition) is 5. The number of esters is 2. The fourth-order valence-corrected chi connectivity index (χ4v) is 6.37. The van der Waals surface area contributed by atoms with Crippen LogP contribution in [0.3, 0.4) is 0 Å². The molecule has 6 unspecified atom stereocenters. The molecule has 0 aromatic carbocycles. The van der Waals surface area contributed by atoms with Crippen molar-refractivity contribution in [1.29, 1.82) is 0 Å². The van der Waals surface area contributed by atoms with Crippen molar-refractivity contribution >= 4 is 17.7 Å². The van der Waals surface area contributed by atoms with Gasteiger partial charge in [0, 0.05) is 37.0 Å². The summed E-state index contributed by atoms with van der Waals surface area (Å²) in [7, 11) is 0. The van der Waals surface area contributed by atoms with Gasteiger partial charge in [-0.05, 0) is 36.2 Å². The minimum absolute atomic E-state index is 0.0360. The van der Waals surface area contributed by atoms with Gasteiger partial charge in [0.15, 0.2) is 5.78 Å². The lowest BCUT2D eigenvalue weighted by molar-refractivity contribution is -0.198. The first-order chi connectivity index (χ1) is 13.3. The van der Waals surface area contributed by atoms with Gasteiger partial charge in [-0.3, -0.25) is 14.4 Å². The van der Waals surface area contributed by atoms with Gasteiger partial charge in [-0.2, -0.15) is 0 Å². The number of carbonyl (C=O) groups excluding carboxylic acids is 3. The van der Waals surface area contributed by atoms with Gasteiger partial charge in [-0.15, -0.1) is 6.58 Å². The zero-order valence-corrected chi connectivity index (χ0v) is 18.5. The lowest BCUT2D eigenvalue weighted by atomic mass is 9.44. The van der Waals surface area contributed by atoms with Gasteiger partial charge in [0.1, 0.15) is 12.2 Å². The van der Waals surface area contributed by atoms with Crippen LogP contribution in [0, 0.1) is 28.1 Å². The average Bonchev–Trinajstić information content (AvgIpc) is 2.59. The molecular formula is C24H34O5. The van der Waals surface area contributed by atoms with Crippen molar-refractivity contribution in [1.82, 2.24) is 0 Å². The van der Waals surface area contributed by atoms with Crippen LogP contribution in [0.5, 0.6) is 0 Å². The highest BCUT2D eigenvalue weighted by Crippen LogP contribution is 2.64. The van der Waals surface area contributed by atoms with Crippen LogP contribution in [-0.2, 0) is 23.9 Å². The average molecular weight is 403 g/mol. The maximum absolute atomic E-state index is 13.3. The van der Waals surface area contributed by atoms with Gasteiger partial charge in [0.05, 0.1) is 0 Å². The van der Waals surface area contributed by atoms with E-state index in [-0.39, 0.29) is 41.1 Å². The van der Waals surface area contributed by atoms with Gasteiger partial charge < -0.3 is 9.47 Å². The summed E-state index contributed by atoms with van der Waals surface area (Å²) in [5.41, 5.74) is -0.285. The third-order valence-corrected chi connectivity index (χ3v) is 7.75. The van der Waals surface area contributed by atoms with E-state index in [0.717, 1.165) is 12.8 Å². The number of hydrogen-bond donors (Lipinski definition) is 0. The number of rotatable bonds is 3.